The summed E-state index contributed by atoms with van der Waals surface area (Å²) in [6.45, 7) is 3.74. The minimum absolute atomic E-state index is 0.0468. The molecule has 1 heterocycles. The number of rotatable bonds is 4. The summed E-state index contributed by atoms with van der Waals surface area (Å²) in [5.41, 5.74) is 1.02. The number of aryl methyl sites for hydroxylation is 1. The topological polar surface area (TPSA) is 62.2 Å². The highest BCUT2D eigenvalue weighted by Crippen LogP contribution is 2.23. The molecule has 1 atom stereocenters. The Morgan fingerprint density at radius 3 is 2.84 bits per heavy atom. The van der Waals surface area contributed by atoms with Crippen LogP contribution in [0.15, 0.2) is 23.6 Å². The van der Waals surface area contributed by atoms with E-state index >= 15 is 0 Å². The van der Waals surface area contributed by atoms with Crippen LogP contribution in [-0.2, 0) is 0 Å². The van der Waals surface area contributed by atoms with Gasteiger partial charge in [-0.2, -0.15) is 0 Å². The Balaban J connectivity index is 2.22. The summed E-state index contributed by atoms with van der Waals surface area (Å²) >= 11 is 1.52. The van der Waals surface area contributed by atoms with E-state index in [1.807, 2.05) is 19.2 Å². The molecule has 1 aromatic carbocycles. The molecule has 2 N–H and O–H groups in total. The summed E-state index contributed by atoms with van der Waals surface area (Å²) in [6, 6.07) is 3.47. The number of hydrogen-bond donors (Lipinski definition) is 2. The molecular weight excluding hydrogens is 267 g/mol. The zero-order chi connectivity index (χ0) is 14.0. The van der Waals surface area contributed by atoms with Crippen molar-refractivity contribution in [3.05, 3.63) is 45.7 Å². The molecule has 0 saturated heterocycles. The summed E-state index contributed by atoms with van der Waals surface area (Å²) in [5, 5.41) is 14.7. The van der Waals surface area contributed by atoms with E-state index in [0.29, 0.717) is 0 Å². The highest BCUT2D eigenvalue weighted by atomic mass is 32.1. The van der Waals surface area contributed by atoms with Crippen molar-refractivity contribution in [1.82, 2.24) is 4.98 Å². The molecule has 0 aliphatic rings. The fraction of sp³-hybridized carbons (Fsp3) is 0.231. The summed E-state index contributed by atoms with van der Waals surface area (Å²) in [7, 11) is 0. The van der Waals surface area contributed by atoms with E-state index in [1.165, 1.54) is 23.5 Å². The van der Waals surface area contributed by atoms with E-state index in [-0.39, 0.29) is 17.3 Å². The van der Waals surface area contributed by atoms with Gasteiger partial charge in [0.15, 0.2) is 0 Å². The van der Waals surface area contributed by atoms with Crippen LogP contribution in [0.2, 0.25) is 0 Å². The van der Waals surface area contributed by atoms with E-state index in [2.05, 4.69) is 10.3 Å². The van der Waals surface area contributed by atoms with Crippen molar-refractivity contribution in [3.63, 3.8) is 0 Å². The molecule has 100 valence electrons. The Labute approximate surface area is 113 Å². The zero-order valence-electron chi connectivity index (χ0n) is 10.5. The zero-order valence-corrected chi connectivity index (χ0v) is 11.3. The number of thiazole rings is 1. The van der Waals surface area contributed by atoms with E-state index in [1.54, 1.807) is 0 Å². The molecule has 2 aromatic rings. The lowest BCUT2D eigenvalue weighted by Crippen LogP contribution is -2.09. The van der Waals surface area contributed by atoms with Crippen LogP contribution in [0.4, 0.5) is 10.1 Å². The van der Waals surface area contributed by atoms with E-state index < -0.39 is 11.8 Å². The maximum Gasteiger partial charge on any atom is 0.335 e. The van der Waals surface area contributed by atoms with E-state index in [9.17, 15) is 9.18 Å². The van der Waals surface area contributed by atoms with Crippen LogP contribution < -0.4 is 5.32 Å². The van der Waals surface area contributed by atoms with Crippen molar-refractivity contribution in [3.8, 4) is 0 Å². The molecular formula is C13H13FN2O2S. The van der Waals surface area contributed by atoms with Gasteiger partial charge < -0.3 is 10.4 Å². The minimum atomic E-state index is -1.08. The molecule has 2 rings (SSSR count). The van der Waals surface area contributed by atoms with Gasteiger partial charge in [0.25, 0.3) is 0 Å². The number of benzene rings is 1. The molecule has 0 fully saturated rings. The van der Waals surface area contributed by atoms with Crippen LogP contribution in [0.25, 0.3) is 0 Å². The van der Waals surface area contributed by atoms with Crippen molar-refractivity contribution in [1.29, 1.82) is 0 Å². The number of aromatic carboxylic acids is 1. The molecule has 0 bridgehead atoms. The van der Waals surface area contributed by atoms with Gasteiger partial charge in [-0.25, -0.2) is 14.2 Å². The fourth-order valence-corrected chi connectivity index (χ4v) is 2.36. The van der Waals surface area contributed by atoms with Crippen molar-refractivity contribution in [2.24, 2.45) is 0 Å². The average molecular weight is 280 g/mol. The molecule has 0 aliphatic heterocycles. The number of anilines is 1. The average Bonchev–Trinajstić information content (AvgIpc) is 2.78. The van der Waals surface area contributed by atoms with Gasteiger partial charge in [0.05, 0.1) is 28.0 Å². The molecule has 4 nitrogen and oxygen atoms in total. The second-order valence-electron chi connectivity index (χ2n) is 4.16. The Hall–Kier alpha value is -1.95. The monoisotopic (exact) mass is 280 g/mol. The second kappa shape index (κ2) is 5.36. The number of halogens is 1. The molecule has 1 aromatic heterocycles. The first-order valence-corrected chi connectivity index (χ1v) is 6.56. The van der Waals surface area contributed by atoms with Gasteiger partial charge in [-0.3, -0.25) is 0 Å². The maximum absolute atomic E-state index is 13.6. The van der Waals surface area contributed by atoms with Crippen LogP contribution in [-0.4, -0.2) is 16.1 Å². The largest absolute Gasteiger partial charge is 0.478 e. The predicted molar refractivity (Wildman–Crippen MR) is 72.2 cm³/mol. The number of nitrogens with zero attached hydrogens (tertiary/aromatic N) is 1. The van der Waals surface area contributed by atoms with Gasteiger partial charge in [-0.15, -0.1) is 11.3 Å². The standard InChI is InChI=1S/C13H13FN2O2S/c1-7(12-6-19-8(2)16-12)15-11-5-9(13(17)18)3-4-10(11)14/h3-7,15H,1-2H3,(H,17,18). The molecule has 0 spiro atoms. The Bertz CT molecular complexity index is 612. The number of carbonyl (C=O) groups is 1. The van der Waals surface area contributed by atoms with Gasteiger partial charge >= 0.3 is 5.97 Å². The highest BCUT2D eigenvalue weighted by molar-refractivity contribution is 7.09. The third kappa shape index (κ3) is 3.08. The normalized spacial score (nSPS) is 12.2. The maximum atomic E-state index is 13.6. The van der Waals surface area contributed by atoms with Crippen molar-refractivity contribution in [2.75, 3.05) is 5.32 Å². The van der Waals surface area contributed by atoms with Crippen molar-refractivity contribution < 1.29 is 14.3 Å². The highest BCUT2D eigenvalue weighted by Gasteiger charge is 2.13. The molecule has 19 heavy (non-hydrogen) atoms. The summed E-state index contributed by atoms with van der Waals surface area (Å²) < 4.78 is 13.6. The first-order valence-electron chi connectivity index (χ1n) is 5.69. The quantitative estimate of drug-likeness (QED) is 0.900. The summed E-state index contributed by atoms with van der Waals surface area (Å²) in [5.74, 6) is -1.57. The smallest absolute Gasteiger partial charge is 0.335 e. The van der Waals surface area contributed by atoms with Crippen LogP contribution >= 0.6 is 11.3 Å². The number of carboxylic acids is 1. The molecule has 0 amide bonds. The van der Waals surface area contributed by atoms with Gasteiger partial charge in [-0.1, -0.05) is 0 Å². The molecule has 0 aliphatic carbocycles. The lowest BCUT2D eigenvalue weighted by atomic mass is 10.1. The molecule has 0 radical (unpaired) electrons. The third-order valence-electron chi connectivity index (χ3n) is 2.67. The van der Waals surface area contributed by atoms with Gasteiger partial charge in [-0.05, 0) is 32.0 Å². The third-order valence-corrected chi connectivity index (χ3v) is 3.46. The molecule has 6 heteroatoms. The van der Waals surface area contributed by atoms with Crippen LogP contribution in [0.1, 0.15) is 34.0 Å². The van der Waals surface area contributed by atoms with Gasteiger partial charge in [0, 0.05) is 5.38 Å². The summed E-state index contributed by atoms with van der Waals surface area (Å²) in [4.78, 5) is 15.2. The Morgan fingerprint density at radius 2 is 2.26 bits per heavy atom. The summed E-state index contributed by atoms with van der Waals surface area (Å²) in [6.07, 6.45) is 0. The SMILES string of the molecule is Cc1nc(C(C)Nc2cc(C(=O)O)ccc2F)cs1. The number of aromatic nitrogens is 1. The van der Waals surface area contributed by atoms with Crippen molar-refractivity contribution in [2.45, 2.75) is 19.9 Å². The van der Waals surface area contributed by atoms with E-state index in [0.717, 1.165) is 16.8 Å². The van der Waals surface area contributed by atoms with Crippen LogP contribution in [0.5, 0.6) is 0 Å². The number of hydrogen-bond acceptors (Lipinski definition) is 4. The first kappa shape index (κ1) is 13.5. The predicted octanol–water partition coefficient (Wildman–Crippen LogP) is 3.46. The lowest BCUT2D eigenvalue weighted by Gasteiger charge is -2.14. The van der Waals surface area contributed by atoms with Crippen LogP contribution in [0, 0.1) is 12.7 Å². The first-order chi connectivity index (χ1) is 8.97. The number of carboxylic acid groups (broad SMARTS) is 1. The molecule has 1 unspecified atom stereocenters. The van der Waals surface area contributed by atoms with Crippen molar-refractivity contribution >= 4 is 23.0 Å². The fourth-order valence-electron chi connectivity index (χ4n) is 1.66. The Morgan fingerprint density at radius 1 is 1.53 bits per heavy atom. The Kier molecular flexibility index (Phi) is 3.80. The minimum Gasteiger partial charge on any atom is -0.478 e. The lowest BCUT2D eigenvalue weighted by molar-refractivity contribution is 0.0697. The van der Waals surface area contributed by atoms with E-state index in [4.69, 9.17) is 5.11 Å². The van der Waals surface area contributed by atoms with Gasteiger partial charge in [0.2, 0.25) is 0 Å². The second-order valence-corrected chi connectivity index (χ2v) is 5.22. The number of nitrogens with one attached hydrogen (secondary N) is 1. The molecule has 0 saturated carbocycles. The van der Waals surface area contributed by atoms with Gasteiger partial charge in [0.1, 0.15) is 5.82 Å². The van der Waals surface area contributed by atoms with Crippen LogP contribution in [0.3, 0.4) is 0 Å².